The van der Waals surface area contributed by atoms with E-state index in [2.05, 4.69) is 5.32 Å². The number of amides is 4. The highest BCUT2D eigenvalue weighted by Crippen LogP contribution is 2.38. The highest BCUT2D eigenvalue weighted by Gasteiger charge is 2.48. The zero-order valence-electron chi connectivity index (χ0n) is 18.6. The van der Waals surface area contributed by atoms with Crippen LogP contribution in [0.4, 0.5) is 4.79 Å². The molecule has 0 spiro atoms. The maximum absolute atomic E-state index is 13.8. The summed E-state index contributed by atoms with van der Waals surface area (Å²) in [5.41, 5.74) is 0.518. The van der Waals surface area contributed by atoms with Crippen molar-refractivity contribution in [2.45, 2.75) is 68.9 Å². The number of carbonyl (C=O) groups is 3. The molecule has 4 amide bonds. The van der Waals surface area contributed by atoms with E-state index < -0.39 is 5.41 Å². The van der Waals surface area contributed by atoms with Gasteiger partial charge in [0.1, 0.15) is 0 Å². The first-order valence-electron chi connectivity index (χ1n) is 12.2. The van der Waals surface area contributed by atoms with Crippen molar-refractivity contribution in [3.05, 3.63) is 35.9 Å². The molecule has 3 saturated heterocycles. The van der Waals surface area contributed by atoms with Crippen molar-refractivity contribution < 1.29 is 19.1 Å². The van der Waals surface area contributed by atoms with Gasteiger partial charge in [-0.3, -0.25) is 14.5 Å². The van der Waals surface area contributed by atoms with E-state index in [0.29, 0.717) is 52.0 Å². The minimum absolute atomic E-state index is 0.000850. The summed E-state index contributed by atoms with van der Waals surface area (Å²) in [6.07, 6.45) is 6.54. The fourth-order valence-electron chi connectivity index (χ4n) is 6.18. The van der Waals surface area contributed by atoms with Gasteiger partial charge in [0, 0.05) is 38.4 Å². The van der Waals surface area contributed by atoms with E-state index in [1.165, 1.54) is 4.90 Å². The SMILES string of the molecule is O=C1NC2CCCCC2C(=O)N1C1CCN(C(=O)C2(c3ccccc3)CCOCC2)CC1. The van der Waals surface area contributed by atoms with Crippen molar-refractivity contribution in [3.8, 4) is 0 Å². The summed E-state index contributed by atoms with van der Waals surface area (Å²) in [7, 11) is 0. The molecule has 0 aromatic heterocycles. The predicted octanol–water partition coefficient (Wildman–Crippen LogP) is 2.84. The van der Waals surface area contributed by atoms with Crippen LogP contribution in [0, 0.1) is 5.92 Å². The average molecular weight is 440 g/mol. The standard InChI is InChI=1S/C25H33N3O4/c29-22-20-8-4-5-9-21(20)26-24(31)28(22)19-10-14-27(15-11-19)23(30)25(12-16-32-17-13-25)18-6-2-1-3-7-18/h1-3,6-7,19-21H,4-5,8-17H2,(H,26,31). The average Bonchev–Trinajstić information content (AvgIpc) is 2.85. The Hall–Kier alpha value is -2.41. The first-order valence-corrected chi connectivity index (χ1v) is 12.2. The van der Waals surface area contributed by atoms with Crippen LogP contribution in [0.25, 0.3) is 0 Å². The summed E-state index contributed by atoms with van der Waals surface area (Å²) in [6.45, 7) is 2.32. The van der Waals surface area contributed by atoms with Gasteiger partial charge in [-0.1, -0.05) is 43.2 Å². The van der Waals surface area contributed by atoms with Gasteiger partial charge in [-0.05, 0) is 44.1 Å². The van der Waals surface area contributed by atoms with E-state index in [9.17, 15) is 14.4 Å². The van der Waals surface area contributed by atoms with E-state index in [1.807, 2.05) is 35.2 Å². The third kappa shape index (κ3) is 3.70. The molecule has 2 atom stereocenters. The summed E-state index contributed by atoms with van der Waals surface area (Å²) in [6, 6.07) is 9.69. The molecule has 5 rings (SSSR count). The van der Waals surface area contributed by atoms with Gasteiger partial charge in [-0.2, -0.15) is 0 Å². The number of imide groups is 1. The molecule has 1 aromatic rings. The van der Waals surface area contributed by atoms with Crippen molar-refractivity contribution >= 4 is 17.8 Å². The Morgan fingerprint density at radius 2 is 1.66 bits per heavy atom. The number of benzene rings is 1. The Morgan fingerprint density at radius 1 is 0.969 bits per heavy atom. The number of carbonyl (C=O) groups excluding carboxylic acids is 3. The normalized spacial score (nSPS) is 28.8. The van der Waals surface area contributed by atoms with Crippen LogP contribution in [0.1, 0.15) is 56.9 Å². The van der Waals surface area contributed by atoms with Gasteiger partial charge in [0.05, 0.1) is 11.3 Å². The van der Waals surface area contributed by atoms with Gasteiger partial charge in [-0.15, -0.1) is 0 Å². The summed E-state index contributed by atoms with van der Waals surface area (Å²) >= 11 is 0. The highest BCUT2D eigenvalue weighted by atomic mass is 16.5. The Morgan fingerprint density at radius 3 is 2.38 bits per heavy atom. The zero-order valence-corrected chi connectivity index (χ0v) is 18.6. The second-order valence-electron chi connectivity index (χ2n) is 9.74. The second kappa shape index (κ2) is 8.85. The number of rotatable bonds is 3. The van der Waals surface area contributed by atoms with Crippen LogP contribution in [0.15, 0.2) is 30.3 Å². The van der Waals surface area contributed by atoms with Crippen LogP contribution in [-0.4, -0.2) is 66.0 Å². The molecule has 3 heterocycles. The van der Waals surface area contributed by atoms with Crippen LogP contribution < -0.4 is 5.32 Å². The number of piperidine rings is 1. The molecular weight excluding hydrogens is 406 g/mol. The van der Waals surface area contributed by atoms with E-state index >= 15 is 0 Å². The number of hydrogen-bond donors (Lipinski definition) is 1. The number of nitrogens with one attached hydrogen (secondary N) is 1. The minimum Gasteiger partial charge on any atom is -0.381 e. The number of urea groups is 1. The quantitative estimate of drug-likeness (QED) is 0.786. The van der Waals surface area contributed by atoms with Gasteiger partial charge in [0.2, 0.25) is 11.8 Å². The molecule has 1 aromatic carbocycles. The monoisotopic (exact) mass is 439 g/mol. The Balaban J connectivity index is 1.28. The lowest BCUT2D eigenvalue weighted by Gasteiger charge is -2.46. The number of nitrogens with zero attached hydrogens (tertiary/aromatic N) is 2. The molecule has 1 saturated carbocycles. The van der Waals surface area contributed by atoms with E-state index in [-0.39, 0.29) is 35.8 Å². The van der Waals surface area contributed by atoms with Crippen molar-refractivity contribution in [2.24, 2.45) is 5.92 Å². The van der Waals surface area contributed by atoms with Crippen molar-refractivity contribution in [3.63, 3.8) is 0 Å². The lowest BCUT2D eigenvalue weighted by molar-refractivity contribution is -0.144. The van der Waals surface area contributed by atoms with Gasteiger partial charge < -0.3 is 15.0 Å². The van der Waals surface area contributed by atoms with E-state index in [0.717, 1.165) is 31.2 Å². The van der Waals surface area contributed by atoms with Crippen LogP contribution in [0.3, 0.4) is 0 Å². The molecule has 172 valence electrons. The Labute approximate surface area is 189 Å². The topological polar surface area (TPSA) is 79.0 Å². The highest BCUT2D eigenvalue weighted by molar-refractivity contribution is 5.99. The van der Waals surface area contributed by atoms with Crippen molar-refractivity contribution in [1.29, 1.82) is 0 Å². The van der Waals surface area contributed by atoms with Crippen LogP contribution >= 0.6 is 0 Å². The Kier molecular flexibility index (Phi) is 5.93. The first-order chi connectivity index (χ1) is 15.6. The summed E-state index contributed by atoms with van der Waals surface area (Å²) in [5, 5.41) is 3.08. The first kappa shape index (κ1) is 21.4. The third-order valence-electron chi connectivity index (χ3n) is 8.05. The zero-order chi connectivity index (χ0) is 22.1. The number of fused-ring (bicyclic) bond motifs is 1. The van der Waals surface area contributed by atoms with E-state index in [1.54, 1.807) is 0 Å². The molecule has 4 fully saturated rings. The number of ether oxygens (including phenoxy) is 1. The molecule has 2 unspecified atom stereocenters. The molecule has 0 bridgehead atoms. The van der Waals surface area contributed by atoms with Gasteiger partial charge in [0.25, 0.3) is 0 Å². The molecule has 3 aliphatic heterocycles. The van der Waals surface area contributed by atoms with Gasteiger partial charge in [-0.25, -0.2) is 4.79 Å². The molecule has 32 heavy (non-hydrogen) atoms. The second-order valence-corrected chi connectivity index (χ2v) is 9.74. The number of hydrogen-bond acceptors (Lipinski definition) is 4. The van der Waals surface area contributed by atoms with Crippen molar-refractivity contribution in [2.75, 3.05) is 26.3 Å². The summed E-state index contributed by atoms with van der Waals surface area (Å²) in [5.74, 6) is 0.0744. The molecule has 7 heteroatoms. The molecule has 1 N–H and O–H groups in total. The maximum Gasteiger partial charge on any atom is 0.324 e. The maximum atomic E-state index is 13.8. The largest absolute Gasteiger partial charge is 0.381 e. The molecular formula is C25H33N3O4. The number of likely N-dealkylation sites (tertiary alicyclic amines) is 1. The molecule has 0 radical (unpaired) electrons. The molecule has 7 nitrogen and oxygen atoms in total. The third-order valence-corrected chi connectivity index (χ3v) is 8.05. The van der Waals surface area contributed by atoms with Crippen LogP contribution in [0.5, 0.6) is 0 Å². The van der Waals surface area contributed by atoms with Crippen molar-refractivity contribution in [1.82, 2.24) is 15.1 Å². The molecule has 4 aliphatic rings. The fourth-order valence-corrected chi connectivity index (χ4v) is 6.18. The Bertz CT molecular complexity index is 859. The minimum atomic E-state index is -0.542. The predicted molar refractivity (Wildman–Crippen MR) is 119 cm³/mol. The molecule has 1 aliphatic carbocycles. The summed E-state index contributed by atoms with van der Waals surface area (Å²) < 4.78 is 5.59. The fraction of sp³-hybridized carbons (Fsp3) is 0.640. The smallest absolute Gasteiger partial charge is 0.324 e. The lowest BCUT2D eigenvalue weighted by Crippen LogP contribution is -2.64. The lowest BCUT2D eigenvalue weighted by atomic mass is 9.72. The van der Waals surface area contributed by atoms with Gasteiger partial charge in [0.15, 0.2) is 0 Å². The van der Waals surface area contributed by atoms with Crippen LogP contribution in [-0.2, 0) is 19.7 Å². The van der Waals surface area contributed by atoms with E-state index in [4.69, 9.17) is 4.74 Å². The van der Waals surface area contributed by atoms with Crippen LogP contribution in [0.2, 0.25) is 0 Å². The summed E-state index contributed by atoms with van der Waals surface area (Å²) in [4.78, 5) is 43.1. The van der Waals surface area contributed by atoms with Gasteiger partial charge >= 0.3 is 6.03 Å².